The number of carbonyl (C=O) groups excluding carboxylic acids is 1. The zero-order chi connectivity index (χ0) is 19.5. The van der Waals surface area contributed by atoms with Crippen LogP contribution in [-0.2, 0) is 21.4 Å². The SMILES string of the molecule is O=C(NC1(C(=O)O)CCC1)c1cccc(S(=O)(=O)NCc2ccccc2)c1. The van der Waals surface area contributed by atoms with Crippen LogP contribution in [0.25, 0.3) is 0 Å². The van der Waals surface area contributed by atoms with Gasteiger partial charge in [-0.2, -0.15) is 0 Å². The zero-order valence-electron chi connectivity index (χ0n) is 14.5. The molecule has 2 aromatic carbocycles. The first-order chi connectivity index (χ1) is 12.8. The van der Waals surface area contributed by atoms with Gasteiger partial charge in [0.15, 0.2) is 0 Å². The van der Waals surface area contributed by atoms with Crippen molar-refractivity contribution in [1.82, 2.24) is 10.0 Å². The van der Waals surface area contributed by atoms with E-state index in [0.717, 1.165) is 12.0 Å². The van der Waals surface area contributed by atoms with Gasteiger partial charge in [-0.15, -0.1) is 0 Å². The molecule has 2 aromatic rings. The lowest BCUT2D eigenvalue weighted by atomic mass is 9.76. The van der Waals surface area contributed by atoms with Gasteiger partial charge in [0.1, 0.15) is 5.54 Å². The lowest BCUT2D eigenvalue weighted by Crippen LogP contribution is -2.59. The van der Waals surface area contributed by atoms with Gasteiger partial charge >= 0.3 is 5.97 Å². The van der Waals surface area contributed by atoms with Gasteiger partial charge in [0.2, 0.25) is 10.0 Å². The van der Waals surface area contributed by atoms with Crippen LogP contribution < -0.4 is 10.0 Å². The Balaban J connectivity index is 1.74. The van der Waals surface area contributed by atoms with Crippen molar-refractivity contribution in [2.24, 2.45) is 0 Å². The molecule has 0 saturated heterocycles. The third-order valence-electron chi connectivity index (χ3n) is 4.68. The Bertz CT molecular complexity index is 953. The maximum absolute atomic E-state index is 12.5. The molecule has 1 fully saturated rings. The second-order valence-electron chi connectivity index (χ2n) is 6.53. The summed E-state index contributed by atoms with van der Waals surface area (Å²) in [6.07, 6.45) is 1.46. The van der Waals surface area contributed by atoms with Crippen molar-refractivity contribution in [3.63, 3.8) is 0 Å². The van der Waals surface area contributed by atoms with Crippen molar-refractivity contribution >= 4 is 21.9 Å². The number of nitrogens with one attached hydrogen (secondary N) is 2. The second-order valence-corrected chi connectivity index (χ2v) is 8.30. The Morgan fingerprint density at radius 2 is 1.74 bits per heavy atom. The van der Waals surface area contributed by atoms with Crippen molar-refractivity contribution in [2.45, 2.75) is 36.2 Å². The molecule has 0 heterocycles. The minimum Gasteiger partial charge on any atom is -0.480 e. The van der Waals surface area contributed by atoms with Crippen LogP contribution in [0.4, 0.5) is 0 Å². The summed E-state index contributed by atoms with van der Waals surface area (Å²) >= 11 is 0. The number of hydrogen-bond donors (Lipinski definition) is 3. The predicted octanol–water partition coefficient (Wildman–Crippen LogP) is 1.90. The first kappa shape index (κ1) is 19.1. The maximum Gasteiger partial charge on any atom is 0.329 e. The fraction of sp³-hybridized carbons (Fsp3) is 0.263. The second kappa shape index (κ2) is 7.50. The van der Waals surface area contributed by atoms with Crippen LogP contribution in [0.15, 0.2) is 59.5 Å². The molecule has 3 N–H and O–H groups in total. The van der Waals surface area contributed by atoms with E-state index in [4.69, 9.17) is 0 Å². The van der Waals surface area contributed by atoms with Gasteiger partial charge in [-0.05, 0) is 43.0 Å². The smallest absolute Gasteiger partial charge is 0.329 e. The lowest BCUT2D eigenvalue weighted by molar-refractivity contribution is -0.148. The molecule has 142 valence electrons. The van der Waals surface area contributed by atoms with E-state index in [9.17, 15) is 23.1 Å². The number of benzene rings is 2. The highest BCUT2D eigenvalue weighted by Gasteiger charge is 2.45. The summed E-state index contributed by atoms with van der Waals surface area (Å²) in [6, 6.07) is 14.6. The molecule has 0 aromatic heterocycles. The molecule has 1 saturated carbocycles. The summed E-state index contributed by atoms with van der Waals surface area (Å²) in [5, 5.41) is 11.8. The molecule has 27 heavy (non-hydrogen) atoms. The van der Waals surface area contributed by atoms with Crippen molar-refractivity contribution in [3.05, 3.63) is 65.7 Å². The van der Waals surface area contributed by atoms with Crippen molar-refractivity contribution in [2.75, 3.05) is 0 Å². The normalized spacial score (nSPS) is 15.6. The number of amides is 1. The topological polar surface area (TPSA) is 113 Å². The third-order valence-corrected chi connectivity index (χ3v) is 6.08. The van der Waals surface area contributed by atoms with Gasteiger partial charge in [0.05, 0.1) is 4.90 Å². The van der Waals surface area contributed by atoms with Gasteiger partial charge in [-0.1, -0.05) is 36.4 Å². The van der Waals surface area contributed by atoms with E-state index in [0.29, 0.717) is 12.8 Å². The van der Waals surface area contributed by atoms with Gasteiger partial charge in [0.25, 0.3) is 5.91 Å². The molecule has 0 spiro atoms. The van der Waals surface area contributed by atoms with Crippen LogP contribution in [0, 0.1) is 0 Å². The summed E-state index contributed by atoms with van der Waals surface area (Å²) in [5.74, 6) is -1.67. The van der Waals surface area contributed by atoms with Crippen LogP contribution in [0.3, 0.4) is 0 Å². The molecule has 8 heteroatoms. The van der Waals surface area contributed by atoms with E-state index in [1.165, 1.54) is 24.3 Å². The van der Waals surface area contributed by atoms with Crippen LogP contribution in [0.2, 0.25) is 0 Å². The Labute approximate surface area is 157 Å². The molecule has 1 amide bonds. The minimum absolute atomic E-state index is 0.0518. The van der Waals surface area contributed by atoms with Gasteiger partial charge in [-0.3, -0.25) is 4.79 Å². The van der Waals surface area contributed by atoms with Gasteiger partial charge in [-0.25, -0.2) is 17.9 Å². The molecule has 0 radical (unpaired) electrons. The minimum atomic E-state index is -3.81. The van der Waals surface area contributed by atoms with Crippen molar-refractivity contribution in [3.8, 4) is 0 Å². The first-order valence-corrected chi connectivity index (χ1v) is 10.0. The maximum atomic E-state index is 12.5. The van der Waals surface area contributed by atoms with E-state index < -0.39 is 27.4 Å². The fourth-order valence-corrected chi connectivity index (χ4v) is 3.94. The number of carbonyl (C=O) groups is 2. The van der Waals surface area contributed by atoms with E-state index >= 15 is 0 Å². The fourth-order valence-electron chi connectivity index (χ4n) is 2.87. The standard InChI is InChI=1S/C19H20N2O5S/c22-17(21-19(18(23)24)10-5-11-19)15-8-4-9-16(12-15)27(25,26)20-13-14-6-2-1-3-7-14/h1-4,6-9,12,20H,5,10-11,13H2,(H,21,22)(H,23,24). The molecular formula is C19H20N2O5S. The summed E-state index contributed by atoms with van der Waals surface area (Å²) in [7, 11) is -3.81. The molecule has 0 aliphatic heterocycles. The number of carboxylic acids is 1. The lowest BCUT2D eigenvalue weighted by Gasteiger charge is -2.38. The monoisotopic (exact) mass is 388 g/mol. The van der Waals surface area contributed by atoms with Crippen LogP contribution in [0.1, 0.15) is 35.2 Å². The molecule has 0 unspecified atom stereocenters. The Morgan fingerprint density at radius 1 is 1.04 bits per heavy atom. The largest absolute Gasteiger partial charge is 0.480 e. The Morgan fingerprint density at radius 3 is 2.33 bits per heavy atom. The summed E-state index contributed by atoms with van der Waals surface area (Å²) < 4.78 is 27.5. The quantitative estimate of drug-likeness (QED) is 0.671. The Kier molecular flexibility index (Phi) is 5.29. The van der Waals surface area contributed by atoms with E-state index in [2.05, 4.69) is 10.0 Å². The number of sulfonamides is 1. The van der Waals surface area contributed by atoms with Crippen LogP contribution >= 0.6 is 0 Å². The highest BCUT2D eigenvalue weighted by atomic mass is 32.2. The van der Waals surface area contributed by atoms with Crippen molar-refractivity contribution < 1.29 is 23.1 Å². The molecule has 1 aliphatic rings. The average Bonchev–Trinajstić information content (AvgIpc) is 2.63. The van der Waals surface area contributed by atoms with Crippen LogP contribution in [-0.4, -0.2) is 30.9 Å². The molecule has 0 atom stereocenters. The van der Waals surface area contributed by atoms with Crippen molar-refractivity contribution in [1.29, 1.82) is 0 Å². The molecule has 0 bridgehead atoms. The van der Waals surface area contributed by atoms with Gasteiger partial charge in [0, 0.05) is 12.1 Å². The van der Waals surface area contributed by atoms with E-state index in [-0.39, 0.29) is 17.0 Å². The van der Waals surface area contributed by atoms with E-state index in [1.807, 2.05) is 18.2 Å². The summed E-state index contributed by atoms with van der Waals surface area (Å²) in [5.41, 5.74) is -0.342. The van der Waals surface area contributed by atoms with Gasteiger partial charge < -0.3 is 10.4 Å². The van der Waals surface area contributed by atoms with E-state index in [1.54, 1.807) is 12.1 Å². The number of aliphatic carboxylic acids is 1. The highest BCUT2D eigenvalue weighted by molar-refractivity contribution is 7.89. The third kappa shape index (κ3) is 4.17. The average molecular weight is 388 g/mol. The first-order valence-electron chi connectivity index (χ1n) is 8.52. The Hall–Kier alpha value is -2.71. The number of rotatable bonds is 7. The molecule has 3 rings (SSSR count). The van der Waals surface area contributed by atoms with Crippen LogP contribution in [0.5, 0.6) is 0 Å². The molecular weight excluding hydrogens is 368 g/mol. The number of carboxylic acid groups (broad SMARTS) is 1. The summed E-state index contributed by atoms with van der Waals surface area (Å²) in [4.78, 5) is 23.8. The number of hydrogen-bond acceptors (Lipinski definition) is 4. The summed E-state index contributed by atoms with van der Waals surface area (Å²) in [6.45, 7) is 0.127. The predicted molar refractivity (Wildman–Crippen MR) is 98.6 cm³/mol. The molecule has 7 nitrogen and oxygen atoms in total. The molecule has 1 aliphatic carbocycles. The zero-order valence-corrected chi connectivity index (χ0v) is 15.3. The highest BCUT2D eigenvalue weighted by Crippen LogP contribution is 2.32.